The lowest BCUT2D eigenvalue weighted by atomic mass is 10.1. The van der Waals surface area contributed by atoms with E-state index < -0.39 is 10.9 Å². The first kappa shape index (κ1) is 14.8. The zero-order valence-corrected chi connectivity index (χ0v) is 11.9. The van der Waals surface area contributed by atoms with Gasteiger partial charge in [-0.15, -0.1) is 0 Å². The number of anilines is 3. The van der Waals surface area contributed by atoms with Crippen LogP contribution in [0.4, 0.5) is 17.1 Å². The molecule has 0 aliphatic heterocycles. The third kappa shape index (κ3) is 3.12. The van der Waals surface area contributed by atoms with Crippen molar-refractivity contribution in [3.05, 3.63) is 86.8 Å². The Bertz CT molecular complexity index is 782. The van der Waals surface area contributed by atoms with Crippen molar-refractivity contribution in [3.8, 4) is 0 Å². The number of allylic oxidation sites excluding steroid dienone is 3. The second-order valence-corrected chi connectivity index (χ2v) is 4.66. The molecule has 2 aromatic carbocycles. The molecule has 0 heterocycles. The molecule has 0 amide bonds. The largest absolute Gasteiger partial charge is 0.350 e. The van der Waals surface area contributed by atoms with E-state index in [1.54, 1.807) is 36.4 Å². The molecule has 0 saturated carbocycles. The van der Waals surface area contributed by atoms with Crippen molar-refractivity contribution in [2.45, 2.75) is 0 Å². The van der Waals surface area contributed by atoms with Gasteiger partial charge in [0.1, 0.15) is 11.4 Å². The summed E-state index contributed by atoms with van der Waals surface area (Å²) < 4.78 is 0. The van der Waals surface area contributed by atoms with Crippen LogP contribution in [-0.2, 0) is 0 Å². The first-order chi connectivity index (χ1) is 10.1. The molecule has 2 aromatic rings. The Hall–Kier alpha value is -2.59. The lowest BCUT2D eigenvalue weighted by molar-refractivity contribution is 1.33. The van der Waals surface area contributed by atoms with Crippen LogP contribution in [0.2, 0.25) is 5.02 Å². The number of hydrogen-bond acceptors (Lipinski definition) is 4. The topological polar surface area (TPSA) is 58.2 Å². The summed E-state index contributed by atoms with van der Waals surface area (Å²) in [7, 11) is 0. The van der Waals surface area contributed by atoms with E-state index in [2.05, 4.69) is 23.8 Å². The minimum Gasteiger partial charge on any atom is -0.350 e. The average molecular weight is 301 g/mol. The van der Waals surface area contributed by atoms with Crippen LogP contribution in [0, 0.1) is 0 Å². The van der Waals surface area contributed by atoms with E-state index in [-0.39, 0.29) is 11.4 Å². The van der Waals surface area contributed by atoms with Gasteiger partial charge in [0.2, 0.25) is 0 Å². The van der Waals surface area contributed by atoms with Crippen molar-refractivity contribution < 1.29 is 0 Å². The Balaban J connectivity index is 2.27. The molecule has 0 atom stereocenters. The summed E-state index contributed by atoms with van der Waals surface area (Å²) in [5, 5.41) is 6.36. The van der Waals surface area contributed by atoms with Gasteiger partial charge in [-0.3, -0.25) is 9.59 Å². The molecule has 2 rings (SSSR count). The first-order valence-corrected chi connectivity index (χ1v) is 6.52. The molecule has 5 heteroatoms. The van der Waals surface area contributed by atoms with Crippen molar-refractivity contribution in [1.82, 2.24) is 0 Å². The number of rotatable bonds is 6. The summed E-state index contributed by atoms with van der Waals surface area (Å²) in [6, 6.07) is 6.82. The molecular weight excluding hydrogens is 288 g/mol. The molecule has 2 N–H and O–H groups in total. The quantitative estimate of drug-likeness (QED) is 0.634. The zero-order valence-electron chi connectivity index (χ0n) is 11.2. The lowest BCUT2D eigenvalue weighted by Crippen LogP contribution is -2.36. The molecule has 0 aliphatic rings. The fourth-order valence-corrected chi connectivity index (χ4v) is 1.87. The van der Waals surface area contributed by atoms with Crippen LogP contribution in [0.25, 0.3) is 0 Å². The van der Waals surface area contributed by atoms with Gasteiger partial charge in [0, 0.05) is 16.4 Å². The van der Waals surface area contributed by atoms with E-state index in [0.717, 1.165) is 0 Å². The Morgan fingerprint density at radius 3 is 2.24 bits per heavy atom. The van der Waals surface area contributed by atoms with Gasteiger partial charge >= 0.3 is 0 Å². The Kier molecular flexibility index (Phi) is 4.40. The Labute approximate surface area is 126 Å². The van der Waals surface area contributed by atoms with Crippen LogP contribution in [0.1, 0.15) is 0 Å². The predicted molar refractivity (Wildman–Crippen MR) is 88.2 cm³/mol. The maximum atomic E-state index is 11.7. The third-order valence-corrected chi connectivity index (χ3v) is 3.06. The standard InChI is InChI=1S/C16H13ClN2O2/c1-3-5-11(4-2)18-13-14(16(21)15(13)20)19-12-8-6-10(17)7-9-12/h3-9,18-19H,1-2H2/b11-5+. The van der Waals surface area contributed by atoms with Crippen LogP contribution in [0.5, 0.6) is 0 Å². The molecule has 0 saturated heterocycles. The van der Waals surface area contributed by atoms with Crippen LogP contribution >= 0.6 is 11.6 Å². The summed E-state index contributed by atoms with van der Waals surface area (Å²) in [5.41, 5.74) is 0.554. The first-order valence-electron chi connectivity index (χ1n) is 6.15. The van der Waals surface area contributed by atoms with Gasteiger partial charge in [0.25, 0.3) is 10.9 Å². The van der Waals surface area contributed by atoms with Gasteiger partial charge in [0.15, 0.2) is 0 Å². The Morgan fingerprint density at radius 1 is 1.05 bits per heavy atom. The fraction of sp³-hybridized carbons (Fsp3) is 0. The molecule has 106 valence electrons. The van der Waals surface area contributed by atoms with E-state index in [9.17, 15) is 9.59 Å². The van der Waals surface area contributed by atoms with E-state index >= 15 is 0 Å². The molecule has 0 unspecified atom stereocenters. The second-order valence-electron chi connectivity index (χ2n) is 4.23. The summed E-state index contributed by atoms with van der Waals surface area (Å²) in [6.45, 7) is 7.19. The van der Waals surface area contributed by atoms with Crippen molar-refractivity contribution in [1.29, 1.82) is 0 Å². The highest BCUT2D eigenvalue weighted by Gasteiger charge is 2.21. The maximum Gasteiger partial charge on any atom is 0.253 e. The van der Waals surface area contributed by atoms with E-state index in [0.29, 0.717) is 16.4 Å². The third-order valence-electron chi connectivity index (χ3n) is 2.81. The van der Waals surface area contributed by atoms with Gasteiger partial charge in [-0.1, -0.05) is 30.8 Å². The van der Waals surface area contributed by atoms with E-state index in [1.807, 2.05) is 0 Å². The SMILES string of the molecule is C=C/C=C(\C=C)Nc1c(Nc2ccc(Cl)cc2)c(=O)c1=O. The molecule has 21 heavy (non-hydrogen) atoms. The fourth-order valence-electron chi connectivity index (χ4n) is 1.74. The summed E-state index contributed by atoms with van der Waals surface area (Å²) in [5.74, 6) is 0. The van der Waals surface area contributed by atoms with Crippen LogP contribution in [0.15, 0.2) is 70.9 Å². The smallest absolute Gasteiger partial charge is 0.253 e. The summed E-state index contributed by atoms with van der Waals surface area (Å²) in [6.07, 6.45) is 4.74. The van der Waals surface area contributed by atoms with Crippen LogP contribution < -0.4 is 21.5 Å². The van der Waals surface area contributed by atoms with Gasteiger partial charge < -0.3 is 10.6 Å². The minimum atomic E-state index is -0.566. The molecule has 0 fully saturated rings. The molecule has 0 aliphatic carbocycles. The van der Waals surface area contributed by atoms with Crippen molar-refractivity contribution in [2.75, 3.05) is 10.6 Å². The lowest BCUT2D eigenvalue weighted by Gasteiger charge is -2.15. The average Bonchev–Trinajstić information content (AvgIpc) is 2.50. The predicted octanol–water partition coefficient (Wildman–Crippen LogP) is 3.35. The van der Waals surface area contributed by atoms with Gasteiger partial charge in [0.05, 0.1) is 0 Å². The van der Waals surface area contributed by atoms with Crippen molar-refractivity contribution >= 4 is 28.7 Å². The molecular formula is C16H13ClN2O2. The maximum absolute atomic E-state index is 11.7. The molecule has 0 bridgehead atoms. The van der Waals surface area contributed by atoms with Crippen molar-refractivity contribution in [2.24, 2.45) is 0 Å². The van der Waals surface area contributed by atoms with E-state index in [4.69, 9.17) is 11.6 Å². The van der Waals surface area contributed by atoms with Crippen molar-refractivity contribution in [3.63, 3.8) is 0 Å². The number of benzene rings is 1. The Morgan fingerprint density at radius 2 is 1.67 bits per heavy atom. The minimum absolute atomic E-state index is 0.211. The van der Waals surface area contributed by atoms with Crippen LogP contribution in [-0.4, -0.2) is 0 Å². The second kappa shape index (κ2) is 6.24. The normalized spacial score (nSPS) is 11.2. The van der Waals surface area contributed by atoms with Gasteiger partial charge in [-0.25, -0.2) is 0 Å². The summed E-state index contributed by atoms with van der Waals surface area (Å²) >= 11 is 5.80. The van der Waals surface area contributed by atoms with Gasteiger partial charge in [-0.2, -0.15) is 0 Å². The highest BCUT2D eigenvalue weighted by Crippen LogP contribution is 2.23. The van der Waals surface area contributed by atoms with E-state index in [1.165, 1.54) is 6.08 Å². The zero-order chi connectivity index (χ0) is 15.4. The monoisotopic (exact) mass is 300 g/mol. The molecule has 0 radical (unpaired) electrons. The number of halogens is 1. The molecule has 0 spiro atoms. The molecule has 0 aromatic heterocycles. The number of hydrogen-bond donors (Lipinski definition) is 2. The highest BCUT2D eigenvalue weighted by atomic mass is 35.5. The molecule has 4 nitrogen and oxygen atoms in total. The van der Waals surface area contributed by atoms with Gasteiger partial charge in [-0.05, 0) is 36.4 Å². The number of nitrogens with one attached hydrogen (secondary N) is 2. The summed E-state index contributed by atoms with van der Waals surface area (Å²) in [4.78, 5) is 23.3. The highest BCUT2D eigenvalue weighted by molar-refractivity contribution is 6.30. The van der Waals surface area contributed by atoms with Crippen LogP contribution in [0.3, 0.4) is 0 Å².